The number of hydrogen-bond acceptors (Lipinski definition) is 5. The molecular formula is C11H10N2O3. The number of hydrogen-bond donors (Lipinski definition) is 2. The Labute approximate surface area is 91.4 Å². The van der Waals surface area contributed by atoms with Crippen LogP contribution in [0.25, 0.3) is 11.5 Å². The molecule has 5 nitrogen and oxygen atoms in total. The molecule has 1 aliphatic rings. The number of aromatic hydroxyl groups is 2. The number of nitrogens with zero attached hydrogens (tertiary/aromatic N) is 2. The van der Waals surface area contributed by atoms with Crippen molar-refractivity contribution in [1.29, 1.82) is 0 Å². The van der Waals surface area contributed by atoms with Gasteiger partial charge < -0.3 is 14.7 Å². The first-order valence-electron chi connectivity index (χ1n) is 5.10. The highest BCUT2D eigenvalue weighted by molar-refractivity contribution is 5.66. The topological polar surface area (TPSA) is 79.4 Å². The van der Waals surface area contributed by atoms with Gasteiger partial charge in [0.15, 0.2) is 17.3 Å². The van der Waals surface area contributed by atoms with Crippen LogP contribution in [0.3, 0.4) is 0 Å². The predicted octanol–water partition coefficient (Wildman–Crippen LogP) is 2.03. The smallest absolute Gasteiger partial charge is 0.261 e. The molecule has 0 aliphatic heterocycles. The summed E-state index contributed by atoms with van der Waals surface area (Å²) in [7, 11) is 0. The largest absolute Gasteiger partial charge is 0.504 e. The predicted molar refractivity (Wildman–Crippen MR) is 55.0 cm³/mol. The van der Waals surface area contributed by atoms with Gasteiger partial charge in [-0.05, 0) is 25.0 Å². The fraction of sp³-hybridized carbons (Fsp3) is 0.273. The summed E-state index contributed by atoms with van der Waals surface area (Å²) in [6.45, 7) is 0. The Morgan fingerprint density at radius 2 is 2.06 bits per heavy atom. The number of para-hydroxylation sites is 1. The number of phenolic OH excluding ortho intramolecular Hbond substituents is 2. The second-order valence-electron chi connectivity index (χ2n) is 3.91. The van der Waals surface area contributed by atoms with Crippen LogP contribution in [0.2, 0.25) is 0 Å². The van der Waals surface area contributed by atoms with E-state index in [4.69, 9.17) is 4.52 Å². The third kappa shape index (κ3) is 1.41. The zero-order chi connectivity index (χ0) is 11.1. The van der Waals surface area contributed by atoms with Crippen LogP contribution in [0.1, 0.15) is 24.6 Å². The average molecular weight is 218 g/mol. The second kappa shape index (κ2) is 3.23. The van der Waals surface area contributed by atoms with Crippen LogP contribution in [-0.4, -0.2) is 20.4 Å². The van der Waals surface area contributed by atoms with Gasteiger partial charge in [-0.15, -0.1) is 0 Å². The molecule has 2 aromatic rings. The fourth-order valence-corrected chi connectivity index (χ4v) is 1.56. The molecule has 1 heterocycles. The molecule has 1 aromatic carbocycles. The first-order chi connectivity index (χ1) is 7.75. The van der Waals surface area contributed by atoms with E-state index in [1.807, 2.05) is 0 Å². The molecule has 0 amide bonds. The van der Waals surface area contributed by atoms with Crippen molar-refractivity contribution in [2.45, 2.75) is 18.8 Å². The van der Waals surface area contributed by atoms with Crippen LogP contribution in [0.5, 0.6) is 11.5 Å². The van der Waals surface area contributed by atoms with E-state index in [1.54, 1.807) is 12.1 Å². The van der Waals surface area contributed by atoms with Gasteiger partial charge in [0.05, 0.1) is 5.56 Å². The van der Waals surface area contributed by atoms with Gasteiger partial charge in [0.1, 0.15) is 0 Å². The molecular weight excluding hydrogens is 208 g/mol. The van der Waals surface area contributed by atoms with Crippen molar-refractivity contribution in [1.82, 2.24) is 10.1 Å². The van der Waals surface area contributed by atoms with Crippen molar-refractivity contribution in [2.75, 3.05) is 0 Å². The summed E-state index contributed by atoms with van der Waals surface area (Å²) < 4.78 is 5.06. The summed E-state index contributed by atoms with van der Waals surface area (Å²) in [5.41, 5.74) is 0.361. The molecule has 2 N–H and O–H groups in total. The Balaban J connectivity index is 2.03. The zero-order valence-electron chi connectivity index (χ0n) is 8.42. The molecule has 0 radical (unpaired) electrons. The van der Waals surface area contributed by atoms with E-state index in [0.717, 1.165) is 12.8 Å². The Morgan fingerprint density at radius 3 is 2.81 bits per heavy atom. The molecule has 0 bridgehead atoms. The van der Waals surface area contributed by atoms with Gasteiger partial charge in [0.25, 0.3) is 5.89 Å². The Bertz CT molecular complexity index is 532. The molecule has 1 saturated carbocycles. The molecule has 82 valence electrons. The lowest BCUT2D eigenvalue weighted by molar-refractivity contribution is 0.396. The van der Waals surface area contributed by atoms with Gasteiger partial charge in [-0.3, -0.25) is 0 Å². The van der Waals surface area contributed by atoms with Gasteiger partial charge in [-0.2, -0.15) is 4.98 Å². The maximum Gasteiger partial charge on any atom is 0.261 e. The van der Waals surface area contributed by atoms with Gasteiger partial charge in [-0.1, -0.05) is 11.2 Å². The number of rotatable bonds is 2. The van der Waals surface area contributed by atoms with Crippen LogP contribution in [0, 0.1) is 0 Å². The Morgan fingerprint density at radius 1 is 1.25 bits per heavy atom. The van der Waals surface area contributed by atoms with Crippen molar-refractivity contribution in [2.24, 2.45) is 0 Å². The highest BCUT2D eigenvalue weighted by Gasteiger charge is 2.29. The van der Waals surface area contributed by atoms with E-state index in [2.05, 4.69) is 10.1 Å². The maximum atomic E-state index is 9.64. The highest BCUT2D eigenvalue weighted by atomic mass is 16.5. The van der Waals surface area contributed by atoms with E-state index in [0.29, 0.717) is 17.3 Å². The summed E-state index contributed by atoms with van der Waals surface area (Å²) in [6, 6.07) is 4.64. The Hall–Kier alpha value is -2.04. The first-order valence-corrected chi connectivity index (χ1v) is 5.10. The van der Waals surface area contributed by atoms with Gasteiger partial charge in [0.2, 0.25) is 0 Å². The molecule has 0 unspecified atom stereocenters. The first kappa shape index (κ1) is 9.21. The summed E-state index contributed by atoms with van der Waals surface area (Å²) in [6.07, 6.45) is 2.18. The van der Waals surface area contributed by atoms with E-state index < -0.39 is 0 Å². The molecule has 1 fully saturated rings. The van der Waals surface area contributed by atoms with Crippen molar-refractivity contribution >= 4 is 0 Å². The van der Waals surface area contributed by atoms with E-state index in [-0.39, 0.29) is 17.4 Å². The third-order valence-corrected chi connectivity index (χ3v) is 2.63. The fourth-order valence-electron chi connectivity index (χ4n) is 1.56. The quantitative estimate of drug-likeness (QED) is 0.754. The van der Waals surface area contributed by atoms with Crippen LogP contribution < -0.4 is 0 Å². The minimum Gasteiger partial charge on any atom is -0.504 e. The molecule has 1 aromatic heterocycles. The number of benzene rings is 1. The van der Waals surface area contributed by atoms with Gasteiger partial charge in [0, 0.05) is 5.92 Å². The van der Waals surface area contributed by atoms with Crippen LogP contribution in [-0.2, 0) is 0 Å². The van der Waals surface area contributed by atoms with Crippen molar-refractivity contribution in [3.05, 3.63) is 24.0 Å². The van der Waals surface area contributed by atoms with Crippen LogP contribution in [0.4, 0.5) is 0 Å². The lowest BCUT2D eigenvalue weighted by atomic mass is 10.2. The Kier molecular flexibility index (Phi) is 1.86. The van der Waals surface area contributed by atoms with Gasteiger partial charge >= 0.3 is 0 Å². The maximum absolute atomic E-state index is 9.64. The van der Waals surface area contributed by atoms with Crippen molar-refractivity contribution < 1.29 is 14.7 Å². The van der Waals surface area contributed by atoms with Crippen molar-refractivity contribution in [3.63, 3.8) is 0 Å². The second-order valence-corrected chi connectivity index (χ2v) is 3.91. The zero-order valence-corrected chi connectivity index (χ0v) is 8.42. The van der Waals surface area contributed by atoms with Gasteiger partial charge in [-0.25, -0.2) is 0 Å². The molecule has 0 spiro atoms. The third-order valence-electron chi connectivity index (χ3n) is 2.63. The van der Waals surface area contributed by atoms with Crippen LogP contribution in [0.15, 0.2) is 22.7 Å². The highest BCUT2D eigenvalue weighted by Crippen LogP contribution is 2.40. The lowest BCUT2D eigenvalue weighted by Crippen LogP contribution is -1.83. The standard InChI is InChI=1S/C11H10N2O3/c14-8-3-1-2-7(9(8)15)11-12-10(13-16-11)6-4-5-6/h1-3,6,14-15H,4-5H2. The number of phenols is 2. The summed E-state index contributed by atoms with van der Waals surface area (Å²) in [5, 5.41) is 22.8. The van der Waals surface area contributed by atoms with E-state index in [9.17, 15) is 10.2 Å². The molecule has 0 saturated heterocycles. The average Bonchev–Trinajstić information content (AvgIpc) is 3.02. The SMILES string of the molecule is Oc1cccc(-c2nc(C3CC3)no2)c1O. The molecule has 3 rings (SSSR count). The molecule has 1 aliphatic carbocycles. The summed E-state index contributed by atoms with van der Waals surface area (Å²) in [4.78, 5) is 4.20. The lowest BCUT2D eigenvalue weighted by Gasteiger charge is -2.00. The minimum absolute atomic E-state index is 0.191. The van der Waals surface area contributed by atoms with Crippen LogP contribution >= 0.6 is 0 Å². The molecule has 16 heavy (non-hydrogen) atoms. The van der Waals surface area contributed by atoms with E-state index in [1.165, 1.54) is 6.07 Å². The number of aromatic nitrogens is 2. The van der Waals surface area contributed by atoms with Crippen molar-refractivity contribution in [3.8, 4) is 23.0 Å². The normalized spacial score (nSPS) is 15.2. The summed E-state index contributed by atoms with van der Waals surface area (Å²) >= 11 is 0. The minimum atomic E-state index is -0.228. The molecule has 0 atom stereocenters. The molecule has 5 heteroatoms. The monoisotopic (exact) mass is 218 g/mol. The van der Waals surface area contributed by atoms with E-state index >= 15 is 0 Å². The summed E-state index contributed by atoms with van der Waals surface area (Å²) in [5.74, 6) is 0.905.